The first-order chi connectivity index (χ1) is 8.04. The Bertz CT molecular complexity index is 520. The lowest BCUT2D eigenvalue weighted by Crippen LogP contribution is -2.35. The molecule has 0 saturated carbocycles. The number of ether oxygens (including phenoxy) is 1. The second-order valence-corrected chi connectivity index (χ2v) is 4.06. The van der Waals surface area contributed by atoms with E-state index < -0.39 is 29.6 Å². The quantitative estimate of drug-likeness (QED) is 0.571. The number of H-pyrrole nitrogens is 1. The van der Waals surface area contributed by atoms with Crippen LogP contribution in [0.1, 0.15) is 18.1 Å². The van der Waals surface area contributed by atoms with Gasteiger partial charge in [-0.25, -0.2) is 4.79 Å². The number of aromatic amines is 1. The maximum absolute atomic E-state index is 11.8. The van der Waals surface area contributed by atoms with Gasteiger partial charge in [-0.05, 0) is 0 Å². The highest BCUT2D eigenvalue weighted by molar-refractivity contribution is 5.11. The lowest BCUT2D eigenvalue weighted by molar-refractivity contribution is -0.0230. The molecule has 0 bridgehead atoms. The van der Waals surface area contributed by atoms with Gasteiger partial charge < -0.3 is 19.9 Å². The van der Waals surface area contributed by atoms with Crippen LogP contribution >= 0.6 is 0 Å². The summed E-state index contributed by atoms with van der Waals surface area (Å²) < 4.78 is 6.29. The molecular weight excluding hydrogens is 228 g/mol. The molecule has 1 aromatic rings. The molecule has 17 heavy (non-hydrogen) atoms. The molecule has 7 nitrogen and oxygen atoms in total. The van der Waals surface area contributed by atoms with Crippen molar-refractivity contribution < 1.29 is 14.9 Å². The van der Waals surface area contributed by atoms with E-state index in [0.717, 1.165) is 4.57 Å². The van der Waals surface area contributed by atoms with Gasteiger partial charge in [-0.15, -0.1) is 0 Å². The van der Waals surface area contributed by atoms with Crippen LogP contribution in [0.25, 0.3) is 0 Å². The van der Waals surface area contributed by atoms with E-state index in [0.29, 0.717) is 0 Å². The van der Waals surface area contributed by atoms with Crippen molar-refractivity contribution in [3.63, 3.8) is 0 Å². The molecule has 2 rings (SSSR count). The van der Waals surface area contributed by atoms with Crippen LogP contribution < -0.4 is 11.2 Å². The van der Waals surface area contributed by atoms with Crippen molar-refractivity contribution in [3.8, 4) is 0 Å². The lowest BCUT2D eigenvalue weighted by Gasteiger charge is -2.11. The van der Waals surface area contributed by atoms with Crippen LogP contribution in [0.2, 0.25) is 0 Å². The maximum Gasteiger partial charge on any atom is 0.328 e. The van der Waals surface area contributed by atoms with Crippen LogP contribution in [0.5, 0.6) is 0 Å². The SMILES string of the molecule is Cn1c(=O)[nH]cc([C@@H]2C[C@H](O)[C@@H](CO)O2)c1=O. The monoisotopic (exact) mass is 242 g/mol. The van der Waals surface area contributed by atoms with Gasteiger partial charge in [-0.3, -0.25) is 9.36 Å². The molecule has 94 valence electrons. The van der Waals surface area contributed by atoms with Crippen molar-refractivity contribution in [1.82, 2.24) is 9.55 Å². The summed E-state index contributed by atoms with van der Waals surface area (Å²) in [7, 11) is 1.36. The van der Waals surface area contributed by atoms with E-state index in [9.17, 15) is 14.7 Å². The van der Waals surface area contributed by atoms with Gasteiger partial charge in [0.25, 0.3) is 5.56 Å². The molecule has 0 unspecified atom stereocenters. The van der Waals surface area contributed by atoms with Crippen LogP contribution in [-0.4, -0.2) is 38.6 Å². The molecule has 1 saturated heterocycles. The van der Waals surface area contributed by atoms with Gasteiger partial charge in [-0.2, -0.15) is 0 Å². The standard InChI is InChI=1S/C10H14N2O5/c1-12-9(15)5(3-11-10(12)16)7-2-6(14)8(4-13)17-7/h3,6-8,13-14H,2,4H2,1H3,(H,11,16)/t6-,7-,8+/m0/s1. The number of rotatable bonds is 2. The highest BCUT2D eigenvalue weighted by Crippen LogP contribution is 2.30. The fraction of sp³-hybridized carbons (Fsp3) is 0.600. The lowest BCUT2D eigenvalue weighted by atomic mass is 10.1. The molecule has 1 aromatic heterocycles. The van der Waals surface area contributed by atoms with Crippen molar-refractivity contribution >= 4 is 0 Å². The minimum Gasteiger partial charge on any atom is -0.394 e. The molecule has 0 aliphatic carbocycles. The maximum atomic E-state index is 11.8. The fourth-order valence-electron chi connectivity index (χ4n) is 1.91. The summed E-state index contributed by atoms with van der Waals surface area (Å²) in [6, 6.07) is 0. The van der Waals surface area contributed by atoms with E-state index in [-0.39, 0.29) is 18.6 Å². The number of hydrogen-bond donors (Lipinski definition) is 3. The molecule has 3 N–H and O–H groups in total. The minimum absolute atomic E-state index is 0.229. The number of aliphatic hydroxyl groups is 2. The smallest absolute Gasteiger partial charge is 0.328 e. The van der Waals surface area contributed by atoms with Crippen LogP contribution in [0, 0.1) is 0 Å². The molecular formula is C10H14N2O5. The first kappa shape index (κ1) is 12.0. The van der Waals surface area contributed by atoms with Crippen molar-refractivity contribution in [2.45, 2.75) is 24.7 Å². The summed E-state index contributed by atoms with van der Waals surface area (Å²) in [5.41, 5.74) is -0.678. The van der Waals surface area contributed by atoms with Crippen LogP contribution in [-0.2, 0) is 11.8 Å². The van der Waals surface area contributed by atoms with Gasteiger partial charge >= 0.3 is 5.69 Å². The van der Waals surface area contributed by atoms with Crippen LogP contribution in [0.3, 0.4) is 0 Å². The molecule has 0 radical (unpaired) electrons. The highest BCUT2D eigenvalue weighted by Gasteiger charge is 2.35. The Labute approximate surface area is 96.3 Å². The molecule has 3 atom stereocenters. The third kappa shape index (κ3) is 2.04. The first-order valence-electron chi connectivity index (χ1n) is 5.27. The number of nitrogens with zero attached hydrogens (tertiary/aromatic N) is 1. The average Bonchev–Trinajstić information content (AvgIpc) is 2.67. The Morgan fingerprint density at radius 2 is 2.29 bits per heavy atom. The Morgan fingerprint density at radius 1 is 1.59 bits per heavy atom. The topological polar surface area (TPSA) is 105 Å². The van der Waals surface area contributed by atoms with Crippen molar-refractivity contribution in [2.75, 3.05) is 6.61 Å². The second kappa shape index (κ2) is 4.44. The molecule has 0 aromatic carbocycles. The van der Waals surface area contributed by atoms with Gasteiger partial charge in [0, 0.05) is 19.7 Å². The third-order valence-electron chi connectivity index (χ3n) is 2.96. The zero-order chi connectivity index (χ0) is 12.6. The summed E-state index contributed by atoms with van der Waals surface area (Å²) in [4.78, 5) is 25.4. The van der Waals surface area contributed by atoms with Crippen molar-refractivity contribution in [2.24, 2.45) is 7.05 Å². The molecule has 1 aliphatic rings. The molecule has 1 aliphatic heterocycles. The number of aliphatic hydroxyl groups excluding tert-OH is 2. The molecule has 2 heterocycles. The fourth-order valence-corrected chi connectivity index (χ4v) is 1.91. The average molecular weight is 242 g/mol. The summed E-state index contributed by atoms with van der Waals surface area (Å²) in [6.07, 6.45) is -0.565. The van der Waals surface area contributed by atoms with Gasteiger partial charge in [0.2, 0.25) is 0 Å². The normalized spacial score (nSPS) is 28.5. The predicted molar refractivity (Wildman–Crippen MR) is 57.6 cm³/mol. The van der Waals surface area contributed by atoms with Crippen LogP contribution in [0.4, 0.5) is 0 Å². The Morgan fingerprint density at radius 3 is 2.88 bits per heavy atom. The minimum atomic E-state index is -0.804. The van der Waals surface area contributed by atoms with E-state index in [2.05, 4.69) is 4.98 Å². The second-order valence-electron chi connectivity index (χ2n) is 4.06. The van der Waals surface area contributed by atoms with Crippen molar-refractivity contribution in [3.05, 3.63) is 32.6 Å². The highest BCUT2D eigenvalue weighted by atomic mass is 16.5. The van der Waals surface area contributed by atoms with Gasteiger partial charge in [0.15, 0.2) is 0 Å². The van der Waals surface area contributed by atoms with Gasteiger partial charge in [0.1, 0.15) is 6.10 Å². The molecule has 0 spiro atoms. The zero-order valence-corrected chi connectivity index (χ0v) is 9.29. The van der Waals surface area contributed by atoms with E-state index in [1.54, 1.807) is 0 Å². The molecule has 1 fully saturated rings. The Kier molecular flexibility index (Phi) is 3.14. The van der Waals surface area contributed by atoms with E-state index in [4.69, 9.17) is 9.84 Å². The molecule has 7 heteroatoms. The zero-order valence-electron chi connectivity index (χ0n) is 9.29. The summed E-state index contributed by atoms with van der Waals surface area (Å²) in [5.74, 6) is 0. The largest absolute Gasteiger partial charge is 0.394 e. The summed E-state index contributed by atoms with van der Waals surface area (Å²) >= 11 is 0. The number of hydrogen-bond acceptors (Lipinski definition) is 5. The summed E-state index contributed by atoms with van der Waals surface area (Å²) in [6.45, 7) is -0.304. The van der Waals surface area contributed by atoms with E-state index in [1.165, 1.54) is 13.2 Å². The van der Waals surface area contributed by atoms with E-state index >= 15 is 0 Å². The predicted octanol–water partition coefficient (Wildman–Crippen LogP) is -1.74. The Hall–Kier alpha value is -1.44. The molecule has 0 amide bonds. The third-order valence-corrected chi connectivity index (χ3v) is 2.96. The first-order valence-corrected chi connectivity index (χ1v) is 5.27. The number of nitrogens with one attached hydrogen (secondary N) is 1. The van der Waals surface area contributed by atoms with E-state index in [1.807, 2.05) is 0 Å². The van der Waals surface area contributed by atoms with Gasteiger partial charge in [-0.1, -0.05) is 0 Å². The number of aromatic nitrogens is 2. The van der Waals surface area contributed by atoms with Crippen molar-refractivity contribution in [1.29, 1.82) is 0 Å². The van der Waals surface area contributed by atoms with Crippen LogP contribution in [0.15, 0.2) is 15.8 Å². The summed E-state index contributed by atoms with van der Waals surface area (Å²) in [5, 5.41) is 18.5. The van der Waals surface area contributed by atoms with Gasteiger partial charge in [0.05, 0.1) is 24.4 Å². The Balaban J connectivity index is 2.34.